The van der Waals surface area contributed by atoms with Crippen molar-refractivity contribution in [2.45, 2.75) is 19.0 Å². The third-order valence-electron chi connectivity index (χ3n) is 1.88. The van der Waals surface area contributed by atoms with Crippen molar-refractivity contribution in [1.82, 2.24) is 19.7 Å². The van der Waals surface area contributed by atoms with Gasteiger partial charge in [-0.25, -0.2) is 9.67 Å². The van der Waals surface area contributed by atoms with Gasteiger partial charge in [0.2, 0.25) is 5.16 Å². The van der Waals surface area contributed by atoms with Crippen LogP contribution in [0.15, 0.2) is 29.8 Å². The molecule has 2 rings (SSSR count). The van der Waals surface area contributed by atoms with Crippen LogP contribution in [-0.4, -0.2) is 25.7 Å². The zero-order valence-corrected chi connectivity index (χ0v) is 10.1. The summed E-state index contributed by atoms with van der Waals surface area (Å²) in [5.74, 6) is 0.277. The molecule has 0 radical (unpaired) electrons. The van der Waals surface area contributed by atoms with Crippen LogP contribution in [0.5, 0.6) is 0 Å². The second-order valence-corrected chi connectivity index (χ2v) is 3.97. The molecular weight excluding hydrogens is 240 g/mol. The second-order valence-electron chi connectivity index (χ2n) is 3.27. The molecule has 0 aliphatic rings. The van der Waals surface area contributed by atoms with E-state index in [9.17, 15) is 4.79 Å². The summed E-state index contributed by atoms with van der Waals surface area (Å²) >= 11 is 0.836. The molecule has 7 heteroatoms. The van der Waals surface area contributed by atoms with Crippen LogP contribution in [0.1, 0.15) is 12.5 Å². The number of hydrogen-bond acceptors (Lipinski definition) is 6. The van der Waals surface area contributed by atoms with E-state index < -0.39 is 0 Å². The number of hydrogen-bond donors (Lipinski definition) is 0. The van der Waals surface area contributed by atoms with Gasteiger partial charge in [0.05, 0.1) is 0 Å². The first-order chi connectivity index (χ1) is 8.16. The highest BCUT2D eigenvalue weighted by molar-refractivity contribution is 7.94. The Hall–Kier alpha value is -1.89. The first-order valence-corrected chi connectivity index (χ1v) is 5.59. The van der Waals surface area contributed by atoms with Crippen molar-refractivity contribution in [3.8, 4) is 5.82 Å². The number of aromatic nitrogens is 4. The minimum atomic E-state index is -0.389. The van der Waals surface area contributed by atoms with E-state index in [1.54, 1.807) is 29.3 Å². The lowest BCUT2D eigenvalue weighted by Crippen LogP contribution is -2.03. The normalized spacial score (nSPS) is 10.2. The van der Waals surface area contributed by atoms with E-state index in [0.717, 1.165) is 17.6 Å². The Balaban J connectivity index is 2.27. The predicted molar refractivity (Wildman–Crippen MR) is 61.5 cm³/mol. The van der Waals surface area contributed by atoms with E-state index in [1.807, 2.05) is 6.92 Å². The fourth-order valence-electron chi connectivity index (χ4n) is 1.18. The van der Waals surface area contributed by atoms with E-state index >= 15 is 0 Å². The molecule has 0 bridgehead atoms. The summed E-state index contributed by atoms with van der Waals surface area (Å²) in [5.41, 5.74) is 0.890. The highest BCUT2D eigenvalue weighted by Crippen LogP contribution is 2.17. The van der Waals surface area contributed by atoms with E-state index in [2.05, 4.69) is 15.1 Å². The van der Waals surface area contributed by atoms with Gasteiger partial charge in [-0.1, -0.05) is 0 Å². The van der Waals surface area contributed by atoms with Gasteiger partial charge < -0.3 is 4.18 Å². The zero-order chi connectivity index (χ0) is 12.3. The number of nitrogens with zero attached hydrogens (tertiary/aromatic N) is 4. The smallest absolute Gasteiger partial charge is 0.315 e. The summed E-state index contributed by atoms with van der Waals surface area (Å²) < 4.78 is 6.40. The first kappa shape index (κ1) is 11.6. The third kappa shape index (κ3) is 2.82. The van der Waals surface area contributed by atoms with Gasteiger partial charge in [0.25, 0.3) is 0 Å². The molecule has 0 aliphatic heterocycles. The molecule has 0 amide bonds. The number of carbonyl (C=O) groups excluding carboxylic acids is 1. The molecule has 17 heavy (non-hydrogen) atoms. The van der Waals surface area contributed by atoms with E-state index in [0.29, 0.717) is 11.0 Å². The van der Waals surface area contributed by atoms with Crippen LogP contribution in [0.25, 0.3) is 5.82 Å². The van der Waals surface area contributed by atoms with Crippen LogP contribution in [0.4, 0.5) is 0 Å². The van der Waals surface area contributed by atoms with Crippen molar-refractivity contribution in [2.75, 3.05) is 0 Å². The minimum absolute atomic E-state index is 0.372. The monoisotopic (exact) mass is 250 g/mol. The van der Waals surface area contributed by atoms with Gasteiger partial charge >= 0.3 is 5.97 Å². The van der Waals surface area contributed by atoms with Gasteiger partial charge in [0.1, 0.15) is 12.0 Å². The molecule has 2 aromatic heterocycles. The van der Waals surface area contributed by atoms with Crippen LogP contribution >= 0.6 is 12.0 Å². The lowest BCUT2D eigenvalue weighted by atomic mass is 10.3. The molecule has 0 fully saturated rings. The van der Waals surface area contributed by atoms with Gasteiger partial charge in [0.15, 0.2) is 5.82 Å². The van der Waals surface area contributed by atoms with Crippen molar-refractivity contribution in [2.24, 2.45) is 0 Å². The summed E-state index contributed by atoms with van der Waals surface area (Å²) in [6.45, 7) is 3.22. The Morgan fingerprint density at radius 2 is 2.35 bits per heavy atom. The Labute approximate surface area is 102 Å². The summed E-state index contributed by atoms with van der Waals surface area (Å²) in [4.78, 5) is 19.0. The molecule has 2 aromatic rings. The van der Waals surface area contributed by atoms with Crippen molar-refractivity contribution < 1.29 is 8.98 Å². The molecule has 2 heterocycles. The van der Waals surface area contributed by atoms with Crippen LogP contribution in [-0.2, 0) is 8.98 Å². The van der Waals surface area contributed by atoms with Crippen LogP contribution in [0, 0.1) is 6.92 Å². The average Bonchev–Trinajstić information content (AvgIpc) is 2.81. The Morgan fingerprint density at radius 1 is 1.53 bits per heavy atom. The molecule has 0 saturated carbocycles. The van der Waals surface area contributed by atoms with Gasteiger partial charge in [-0.05, 0) is 13.0 Å². The molecule has 88 valence electrons. The molecule has 0 unspecified atom stereocenters. The summed E-state index contributed by atoms with van der Waals surface area (Å²) in [6.07, 6.45) is 5.12. The van der Waals surface area contributed by atoms with Crippen molar-refractivity contribution in [3.63, 3.8) is 0 Å². The second kappa shape index (κ2) is 4.96. The summed E-state index contributed by atoms with van der Waals surface area (Å²) in [7, 11) is 0. The molecule has 6 nitrogen and oxygen atoms in total. The Bertz CT molecular complexity index is 527. The molecular formula is C10H10N4O2S. The van der Waals surface area contributed by atoms with Crippen LogP contribution in [0.2, 0.25) is 0 Å². The van der Waals surface area contributed by atoms with Crippen molar-refractivity contribution >= 4 is 18.0 Å². The zero-order valence-electron chi connectivity index (χ0n) is 9.32. The highest BCUT2D eigenvalue weighted by atomic mass is 32.2. The van der Waals surface area contributed by atoms with Gasteiger partial charge in [-0.3, -0.25) is 4.79 Å². The van der Waals surface area contributed by atoms with Crippen molar-refractivity contribution in [3.05, 3.63) is 30.2 Å². The third-order valence-corrected chi connectivity index (χ3v) is 2.54. The topological polar surface area (TPSA) is 69.9 Å². The maximum absolute atomic E-state index is 10.7. The lowest BCUT2D eigenvalue weighted by Gasteiger charge is -2.05. The van der Waals surface area contributed by atoms with E-state index in [4.69, 9.17) is 4.18 Å². The van der Waals surface area contributed by atoms with E-state index in [-0.39, 0.29) is 5.97 Å². The first-order valence-electron chi connectivity index (χ1n) is 4.85. The van der Waals surface area contributed by atoms with Gasteiger partial charge in [-0.15, -0.1) is 0 Å². The predicted octanol–water partition coefficient (Wildman–Crippen LogP) is 1.54. The molecule has 0 saturated heterocycles. The molecule has 0 atom stereocenters. The number of carbonyl (C=O) groups is 1. The summed E-state index contributed by atoms with van der Waals surface area (Å²) in [6, 6.07) is 1.81. The number of rotatable bonds is 3. The fourth-order valence-corrected chi connectivity index (χ4v) is 1.59. The molecule has 0 spiro atoms. The van der Waals surface area contributed by atoms with E-state index in [1.165, 1.54) is 6.92 Å². The van der Waals surface area contributed by atoms with Gasteiger partial charge in [-0.2, -0.15) is 10.1 Å². The van der Waals surface area contributed by atoms with Crippen LogP contribution in [0.3, 0.4) is 0 Å². The largest absolute Gasteiger partial charge is 0.383 e. The van der Waals surface area contributed by atoms with Gasteiger partial charge in [0, 0.05) is 31.1 Å². The van der Waals surface area contributed by atoms with Crippen LogP contribution < -0.4 is 0 Å². The Kier molecular flexibility index (Phi) is 3.38. The number of aryl methyl sites for hydroxylation is 1. The minimum Gasteiger partial charge on any atom is -0.383 e. The molecule has 0 N–H and O–H groups in total. The summed E-state index contributed by atoms with van der Waals surface area (Å²) in [5, 5.41) is 4.46. The fraction of sp³-hybridized carbons (Fsp3) is 0.200. The maximum Gasteiger partial charge on any atom is 0.315 e. The SMILES string of the molecule is CC(=O)OSc1ncc(C)c(-n2cccn2)n1. The van der Waals surface area contributed by atoms with Crippen molar-refractivity contribution in [1.29, 1.82) is 0 Å². The average molecular weight is 250 g/mol. The molecule has 0 aromatic carbocycles. The highest BCUT2D eigenvalue weighted by Gasteiger charge is 2.08. The lowest BCUT2D eigenvalue weighted by molar-refractivity contribution is -0.130. The maximum atomic E-state index is 10.7. The Morgan fingerprint density at radius 3 is 3.00 bits per heavy atom. The standard InChI is InChI=1S/C10H10N4O2S/c1-7-6-11-10(17-16-8(2)15)13-9(7)14-5-3-4-12-14/h3-6H,1-2H3. The molecule has 0 aliphatic carbocycles. The quantitative estimate of drug-likeness (QED) is 0.608.